The Kier molecular flexibility index (Phi) is 3.63. The number of amides is 1. The number of aromatic nitrogens is 2. The normalized spacial score (nSPS) is 19.3. The molecule has 1 saturated carbocycles. The van der Waals surface area contributed by atoms with Crippen molar-refractivity contribution in [3.8, 4) is 0 Å². The summed E-state index contributed by atoms with van der Waals surface area (Å²) in [6, 6.07) is 1.69. The van der Waals surface area contributed by atoms with Gasteiger partial charge in [-0.05, 0) is 18.9 Å². The smallest absolute Gasteiger partial charge is 0.269 e. The van der Waals surface area contributed by atoms with E-state index in [0.717, 1.165) is 18.2 Å². The predicted molar refractivity (Wildman–Crippen MR) is 65.7 cm³/mol. The fraction of sp³-hybridized carbons (Fsp3) is 0.636. The van der Waals surface area contributed by atoms with Gasteiger partial charge < -0.3 is 5.32 Å². The number of carbonyl (C=O) groups excluding carboxylic acids is 1. The van der Waals surface area contributed by atoms with Crippen molar-refractivity contribution in [2.24, 2.45) is 0 Å². The lowest BCUT2D eigenvalue weighted by molar-refractivity contribution is 0.0881. The number of aromatic amines is 1. The second-order valence-electron chi connectivity index (χ2n) is 4.40. The number of carbonyl (C=O) groups is 1. The quantitative estimate of drug-likeness (QED) is 0.837. The molecule has 2 rings (SSSR count). The van der Waals surface area contributed by atoms with Crippen LogP contribution in [0.1, 0.15) is 42.6 Å². The summed E-state index contributed by atoms with van der Waals surface area (Å²) in [4.78, 5) is 11.9. The lowest BCUT2D eigenvalue weighted by atomic mass is 9.83. The first kappa shape index (κ1) is 11.6. The van der Waals surface area contributed by atoms with Gasteiger partial charge in [-0.3, -0.25) is 9.89 Å². The number of halogens is 1. The van der Waals surface area contributed by atoms with Crippen LogP contribution in [0.2, 0.25) is 0 Å². The van der Waals surface area contributed by atoms with Gasteiger partial charge in [-0.1, -0.05) is 35.2 Å². The van der Waals surface area contributed by atoms with Crippen LogP contribution in [0.5, 0.6) is 0 Å². The van der Waals surface area contributed by atoms with Crippen LogP contribution in [-0.2, 0) is 0 Å². The Morgan fingerprint density at radius 1 is 1.50 bits per heavy atom. The van der Waals surface area contributed by atoms with E-state index in [0.29, 0.717) is 5.69 Å². The molecule has 88 valence electrons. The van der Waals surface area contributed by atoms with Gasteiger partial charge in [0, 0.05) is 11.5 Å². The van der Waals surface area contributed by atoms with E-state index in [4.69, 9.17) is 0 Å². The van der Waals surface area contributed by atoms with Crippen LogP contribution in [0.25, 0.3) is 0 Å². The number of alkyl halides is 1. The largest absolute Gasteiger partial charge is 0.344 e. The summed E-state index contributed by atoms with van der Waals surface area (Å²) in [5.74, 6) is -0.0566. The van der Waals surface area contributed by atoms with Gasteiger partial charge in [-0.25, -0.2) is 0 Å². The first-order chi connectivity index (χ1) is 7.76. The third-order valence-corrected chi connectivity index (χ3v) is 4.26. The molecule has 1 aliphatic rings. The topological polar surface area (TPSA) is 57.8 Å². The predicted octanol–water partition coefficient (Wildman–Crippen LogP) is 2.24. The van der Waals surface area contributed by atoms with Gasteiger partial charge in [-0.15, -0.1) is 0 Å². The van der Waals surface area contributed by atoms with Gasteiger partial charge in [-0.2, -0.15) is 5.10 Å². The SMILES string of the molecule is O=C(NC1(CBr)CCCCC1)c1ccn[nH]1. The maximum Gasteiger partial charge on any atom is 0.269 e. The van der Waals surface area contributed by atoms with Crippen molar-refractivity contribution in [2.75, 3.05) is 5.33 Å². The first-order valence-corrected chi connectivity index (χ1v) is 6.76. The van der Waals surface area contributed by atoms with Crippen molar-refractivity contribution < 1.29 is 4.79 Å². The summed E-state index contributed by atoms with van der Waals surface area (Å²) in [6.07, 6.45) is 7.35. The van der Waals surface area contributed by atoms with Crippen LogP contribution in [0.15, 0.2) is 12.3 Å². The molecule has 0 unspecified atom stereocenters. The molecule has 0 bridgehead atoms. The Bertz CT molecular complexity index is 344. The van der Waals surface area contributed by atoms with E-state index in [-0.39, 0.29) is 11.4 Å². The van der Waals surface area contributed by atoms with Gasteiger partial charge in [0.15, 0.2) is 0 Å². The molecule has 1 fully saturated rings. The monoisotopic (exact) mass is 285 g/mol. The third-order valence-electron chi connectivity index (χ3n) is 3.19. The zero-order valence-corrected chi connectivity index (χ0v) is 10.7. The molecule has 0 aromatic carbocycles. The molecule has 0 saturated heterocycles. The summed E-state index contributed by atoms with van der Waals surface area (Å²) >= 11 is 3.52. The Morgan fingerprint density at radius 3 is 2.81 bits per heavy atom. The molecular weight excluding hydrogens is 270 g/mol. The molecule has 0 radical (unpaired) electrons. The number of hydrogen-bond acceptors (Lipinski definition) is 2. The zero-order chi connectivity index (χ0) is 11.4. The summed E-state index contributed by atoms with van der Waals surface area (Å²) < 4.78 is 0. The lowest BCUT2D eigenvalue weighted by Crippen LogP contribution is -2.51. The van der Waals surface area contributed by atoms with Gasteiger partial charge in [0.25, 0.3) is 5.91 Å². The van der Waals surface area contributed by atoms with E-state index in [1.165, 1.54) is 19.3 Å². The minimum absolute atomic E-state index is 0.0566. The standard InChI is InChI=1S/C11H16BrN3O/c12-8-11(5-2-1-3-6-11)14-10(16)9-4-7-13-15-9/h4,7H,1-3,5-6,8H2,(H,13,15)(H,14,16). The highest BCUT2D eigenvalue weighted by Crippen LogP contribution is 2.29. The molecule has 1 aromatic rings. The number of rotatable bonds is 3. The van der Waals surface area contributed by atoms with Gasteiger partial charge in [0.05, 0.1) is 5.54 Å². The van der Waals surface area contributed by atoms with Crippen molar-refractivity contribution >= 4 is 21.8 Å². The maximum absolute atomic E-state index is 11.9. The summed E-state index contributed by atoms with van der Waals surface area (Å²) in [7, 11) is 0. The van der Waals surface area contributed by atoms with Crippen LogP contribution in [-0.4, -0.2) is 27.0 Å². The Hall–Kier alpha value is -0.840. The molecule has 1 aliphatic carbocycles. The maximum atomic E-state index is 11.9. The number of hydrogen-bond donors (Lipinski definition) is 2. The molecule has 0 atom stereocenters. The molecular formula is C11H16BrN3O. The van der Waals surface area contributed by atoms with E-state index in [9.17, 15) is 4.79 Å². The van der Waals surface area contributed by atoms with Crippen molar-refractivity contribution in [1.29, 1.82) is 0 Å². The zero-order valence-electron chi connectivity index (χ0n) is 9.13. The number of nitrogens with zero attached hydrogens (tertiary/aromatic N) is 1. The van der Waals surface area contributed by atoms with Crippen LogP contribution in [0, 0.1) is 0 Å². The average molecular weight is 286 g/mol. The van der Waals surface area contributed by atoms with Crippen molar-refractivity contribution in [2.45, 2.75) is 37.6 Å². The lowest BCUT2D eigenvalue weighted by Gasteiger charge is -2.36. The van der Waals surface area contributed by atoms with Crippen LogP contribution in [0.4, 0.5) is 0 Å². The molecule has 1 aromatic heterocycles. The summed E-state index contributed by atoms with van der Waals surface area (Å²) in [6.45, 7) is 0. The second-order valence-corrected chi connectivity index (χ2v) is 4.96. The Labute approximate surface area is 103 Å². The molecule has 5 heteroatoms. The van der Waals surface area contributed by atoms with E-state index in [1.54, 1.807) is 12.3 Å². The minimum atomic E-state index is -0.0690. The fourth-order valence-electron chi connectivity index (χ4n) is 2.21. The number of nitrogens with one attached hydrogen (secondary N) is 2. The highest BCUT2D eigenvalue weighted by Gasteiger charge is 2.32. The van der Waals surface area contributed by atoms with Crippen molar-refractivity contribution in [3.05, 3.63) is 18.0 Å². The molecule has 0 aliphatic heterocycles. The average Bonchev–Trinajstić information content (AvgIpc) is 2.84. The summed E-state index contributed by atoms with van der Waals surface area (Å²) in [5, 5.41) is 10.4. The third kappa shape index (κ3) is 2.45. The highest BCUT2D eigenvalue weighted by atomic mass is 79.9. The molecule has 1 heterocycles. The van der Waals surface area contributed by atoms with Gasteiger partial charge in [0.2, 0.25) is 0 Å². The van der Waals surface area contributed by atoms with E-state index >= 15 is 0 Å². The minimum Gasteiger partial charge on any atom is -0.344 e. The molecule has 2 N–H and O–H groups in total. The van der Waals surface area contributed by atoms with E-state index in [1.807, 2.05) is 0 Å². The number of H-pyrrole nitrogens is 1. The van der Waals surface area contributed by atoms with Gasteiger partial charge in [0.1, 0.15) is 5.69 Å². The Balaban J connectivity index is 2.03. The van der Waals surface area contributed by atoms with Crippen LogP contribution < -0.4 is 5.32 Å². The van der Waals surface area contributed by atoms with Crippen molar-refractivity contribution in [1.82, 2.24) is 15.5 Å². The van der Waals surface area contributed by atoms with Gasteiger partial charge >= 0.3 is 0 Å². The first-order valence-electron chi connectivity index (χ1n) is 5.64. The Morgan fingerprint density at radius 2 is 2.25 bits per heavy atom. The molecule has 4 nitrogen and oxygen atoms in total. The molecule has 0 spiro atoms. The van der Waals surface area contributed by atoms with E-state index in [2.05, 4.69) is 31.4 Å². The van der Waals surface area contributed by atoms with Crippen LogP contribution >= 0.6 is 15.9 Å². The molecule has 1 amide bonds. The molecule has 16 heavy (non-hydrogen) atoms. The van der Waals surface area contributed by atoms with E-state index < -0.39 is 0 Å². The second kappa shape index (κ2) is 4.99. The van der Waals surface area contributed by atoms with Crippen LogP contribution in [0.3, 0.4) is 0 Å². The highest BCUT2D eigenvalue weighted by molar-refractivity contribution is 9.09. The summed E-state index contributed by atoms with van der Waals surface area (Å²) in [5.41, 5.74) is 0.464. The fourth-order valence-corrected chi connectivity index (χ4v) is 2.91. The van der Waals surface area contributed by atoms with Crippen molar-refractivity contribution in [3.63, 3.8) is 0 Å².